The Morgan fingerprint density at radius 1 is 1.38 bits per heavy atom. The van der Waals surface area contributed by atoms with E-state index in [1.165, 1.54) is 7.11 Å². The summed E-state index contributed by atoms with van der Waals surface area (Å²) in [6, 6.07) is 9.82. The third-order valence-electron chi connectivity index (χ3n) is 4.27. The van der Waals surface area contributed by atoms with Gasteiger partial charge in [-0.3, -0.25) is 9.78 Å². The van der Waals surface area contributed by atoms with Crippen molar-refractivity contribution in [1.82, 2.24) is 19.8 Å². The molecule has 2 aromatic rings. The van der Waals surface area contributed by atoms with Gasteiger partial charge in [-0.1, -0.05) is 6.07 Å². The molecule has 2 atom stereocenters. The van der Waals surface area contributed by atoms with Gasteiger partial charge in [-0.25, -0.2) is 0 Å². The topological polar surface area (TPSA) is 59.4 Å². The lowest BCUT2D eigenvalue weighted by Crippen LogP contribution is -2.32. The molecule has 0 bridgehead atoms. The monoisotopic (exact) mass is 344 g/mol. The number of nitrogens with zero attached hydrogens (tertiary/aromatic N) is 3. The lowest BCUT2D eigenvalue weighted by atomic mass is 10.0. The maximum absolute atomic E-state index is 11.6. The van der Waals surface area contributed by atoms with Crippen molar-refractivity contribution < 1.29 is 9.53 Å². The van der Waals surface area contributed by atoms with E-state index in [9.17, 15) is 4.79 Å². The molecule has 1 fully saturated rings. The van der Waals surface area contributed by atoms with E-state index in [1.807, 2.05) is 42.4 Å². The highest BCUT2D eigenvalue weighted by Crippen LogP contribution is 2.38. The predicted molar refractivity (Wildman–Crippen MR) is 94.2 cm³/mol. The minimum atomic E-state index is -0.246. The molecule has 0 spiro atoms. The van der Waals surface area contributed by atoms with Crippen molar-refractivity contribution in [2.24, 2.45) is 7.05 Å². The summed E-state index contributed by atoms with van der Waals surface area (Å²) in [4.78, 5) is 18.1. The van der Waals surface area contributed by atoms with Crippen molar-refractivity contribution in [1.29, 1.82) is 0 Å². The first-order valence-electron chi connectivity index (χ1n) is 7.78. The summed E-state index contributed by atoms with van der Waals surface area (Å²) in [7, 11) is 3.40. The highest BCUT2D eigenvalue weighted by atomic mass is 32.1. The van der Waals surface area contributed by atoms with Gasteiger partial charge < -0.3 is 19.5 Å². The quantitative estimate of drug-likeness (QED) is 0.661. The Labute approximate surface area is 146 Å². The van der Waals surface area contributed by atoms with Crippen LogP contribution in [0, 0.1) is 0 Å². The number of methoxy groups -OCH3 is 1. The zero-order valence-corrected chi connectivity index (χ0v) is 14.5. The number of carbonyl (C=O) groups excluding carboxylic acids is 1. The molecule has 3 heterocycles. The van der Waals surface area contributed by atoms with Gasteiger partial charge in [0.2, 0.25) is 0 Å². The molecule has 1 aliphatic rings. The van der Waals surface area contributed by atoms with Gasteiger partial charge in [0.15, 0.2) is 5.11 Å². The van der Waals surface area contributed by atoms with Crippen LogP contribution in [0.15, 0.2) is 42.7 Å². The van der Waals surface area contributed by atoms with E-state index in [0.29, 0.717) is 11.7 Å². The van der Waals surface area contributed by atoms with Crippen molar-refractivity contribution in [3.63, 3.8) is 0 Å². The van der Waals surface area contributed by atoms with E-state index in [1.54, 1.807) is 6.20 Å². The summed E-state index contributed by atoms with van der Waals surface area (Å²) in [6.07, 6.45) is 4.07. The molecule has 0 amide bonds. The molecule has 6 nitrogen and oxygen atoms in total. The zero-order chi connectivity index (χ0) is 17.1. The van der Waals surface area contributed by atoms with Crippen LogP contribution in [0.3, 0.4) is 0 Å². The third-order valence-corrected chi connectivity index (χ3v) is 4.62. The molecule has 0 aromatic carbocycles. The van der Waals surface area contributed by atoms with E-state index in [4.69, 9.17) is 17.0 Å². The van der Waals surface area contributed by atoms with Crippen molar-refractivity contribution in [2.75, 3.05) is 13.7 Å². The normalized spacial score (nSPS) is 20.1. The minimum absolute atomic E-state index is 0.0305. The van der Waals surface area contributed by atoms with Crippen molar-refractivity contribution in [2.45, 2.75) is 18.5 Å². The second-order valence-corrected chi connectivity index (χ2v) is 6.08. The molecule has 2 aromatic heterocycles. The van der Waals surface area contributed by atoms with Gasteiger partial charge >= 0.3 is 5.97 Å². The fourth-order valence-electron chi connectivity index (χ4n) is 3.06. The number of hydrogen-bond acceptors (Lipinski definition) is 4. The molecule has 7 heteroatoms. The minimum Gasteiger partial charge on any atom is -0.469 e. The molecule has 0 radical (unpaired) electrons. The molecular formula is C17H20N4O2S. The lowest BCUT2D eigenvalue weighted by molar-refractivity contribution is -0.140. The number of hydrogen-bond donors (Lipinski definition) is 1. The zero-order valence-electron chi connectivity index (χ0n) is 13.7. The fraction of sp³-hybridized carbons (Fsp3) is 0.353. The average Bonchev–Trinajstić information content (AvgIpc) is 3.16. The number of ether oxygens (including phenoxy) is 1. The number of rotatable bonds is 5. The number of thiocarbonyl (C=S) groups is 1. The summed E-state index contributed by atoms with van der Waals surface area (Å²) < 4.78 is 6.83. The first kappa shape index (κ1) is 16.4. The van der Waals surface area contributed by atoms with Crippen LogP contribution >= 0.6 is 12.2 Å². The molecule has 126 valence electrons. The highest BCUT2D eigenvalue weighted by molar-refractivity contribution is 7.80. The molecule has 1 N–H and O–H groups in total. The van der Waals surface area contributed by atoms with E-state index in [2.05, 4.69) is 20.9 Å². The summed E-state index contributed by atoms with van der Waals surface area (Å²) in [6.45, 7) is 0.498. The standard InChI is InChI=1S/C17H20N4O2S/c1-20-10-5-7-13(20)16-15(12-6-3-4-9-18-12)19-17(24)21(16)11-8-14(22)23-2/h3-7,9-10,15-16H,8,11H2,1-2H3,(H,19,24). The Balaban J connectivity index is 1.94. The number of carbonyl (C=O) groups is 1. The van der Waals surface area contributed by atoms with Crippen molar-refractivity contribution in [3.8, 4) is 0 Å². The SMILES string of the molecule is COC(=O)CCN1C(=S)NC(c2ccccn2)C1c1cccn1C. The molecule has 24 heavy (non-hydrogen) atoms. The number of pyridine rings is 1. The van der Waals surface area contributed by atoms with Crippen LogP contribution < -0.4 is 5.32 Å². The lowest BCUT2D eigenvalue weighted by Gasteiger charge is -2.27. The van der Waals surface area contributed by atoms with Crippen LogP contribution in [0.1, 0.15) is 29.9 Å². The Kier molecular flexibility index (Phi) is 4.80. The smallest absolute Gasteiger partial charge is 0.307 e. The fourth-order valence-corrected chi connectivity index (χ4v) is 3.40. The number of aryl methyl sites for hydroxylation is 1. The molecule has 2 unspecified atom stereocenters. The van der Waals surface area contributed by atoms with Crippen LogP contribution in [-0.4, -0.2) is 39.2 Å². The Morgan fingerprint density at radius 3 is 2.83 bits per heavy atom. The van der Waals surface area contributed by atoms with Gasteiger partial charge in [-0.05, 0) is 36.5 Å². The van der Waals surface area contributed by atoms with Gasteiger partial charge in [0, 0.05) is 31.7 Å². The molecule has 0 aliphatic carbocycles. The summed E-state index contributed by atoms with van der Waals surface area (Å²) in [5.41, 5.74) is 2.04. The average molecular weight is 344 g/mol. The number of aromatic nitrogens is 2. The first-order valence-corrected chi connectivity index (χ1v) is 8.18. The summed E-state index contributed by atoms with van der Waals surface area (Å²) >= 11 is 5.53. The summed E-state index contributed by atoms with van der Waals surface area (Å²) in [5.74, 6) is -0.246. The maximum atomic E-state index is 11.6. The van der Waals surface area contributed by atoms with Gasteiger partial charge in [0.1, 0.15) is 0 Å². The van der Waals surface area contributed by atoms with E-state index >= 15 is 0 Å². The van der Waals surface area contributed by atoms with E-state index in [-0.39, 0.29) is 24.5 Å². The number of nitrogens with one attached hydrogen (secondary N) is 1. The molecular weight excluding hydrogens is 324 g/mol. The molecule has 0 saturated carbocycles. The molecule has 3 rings (SSSR count). The van der Waals surface area contributed by atoms with Crippen LogP contribution in [0.5, 0.6) is 0 Å². The molecule has 1 aliphatic heterocycles. The maximum Gasteiger partial charge on any atom is 0.307 e. The van der Waals surface area contributed by atoms with E-state index < -0.39 is 0 Å². The third kappa shape index (κ3) is 3.12. The van der Waals surface area contributed by atoms with Crippen LogP contribution in [0.2, 0.25) is 0 Å². The number of esters is 1. The van der Waals surface area contributed by atoms with E-state index in [0.717, 1.165) is 11.4 Å². The van der Waals surface area contributed by atoms with Crippen molar-refractivity contribution in [3.05, 3.63) is 54.1 Å². The first-order chi connectivity index (χ1) is 11.6. The summed E-state index contributed by atoms with van der Waals surface area (Å²) in [5, 5.41) is 3.98. The largest absolute Gasteiger partial charge is 0.469 e. The second-order valence-electron chi connectivity index (χ2n) is 5.69. The van der Waals surface area contributed by atoms with Gasteiger partial charge in [0.25, 0.3) is 0 Å². The van der Waals surface area contributed by atoms with Crippen LogP contribution in [0.25, 0.3) is 0 Å². The highest BCUT2D eigenvalue weighted by Gasteiger charge is 2.40. The predicted octanol–water partition coefficient (Wildman–Crippen LogP) is 1.96. The Bertz CT molecular complexity index is 731. The Morgan fingerprint density at radius 2 is 2.21 bits per heavy atom. The van der Waals surface area contributed by atoms with Crippen LogP contribution in [0.4, 0.5) is 0 Å². The van der Waals surface area contributed by atoms with Gasteiger partial charge in [-0.15, -0.1) is 0 Å². The van der Waals surface area contributed by atoms with Crippen molar-refractivity contribution >= 4 is 23.3 Å². The van der Waals surface area contributed by atoms with Gasteiger partial charge in [0.05, 0.1) is 31.3 Å². The van der Waals surface area contributed by atoms with Crippen LogP contribution in [-0.2, 0) is 16.6 Å². The Hall–Kier alpha value is -2.41. The molecule has 1 saturated heterocycles. The van der Waals surface area contributed by atoms with Gasteiger partial charge in [-0.2, -0.15) is 0 Å². The second kappa shape index (κ2) is 7.00.